The fraction of sp³-hybridized carbons (Fsp3) is 0.462. The van der Waals surface area contributed by atoms with Gasteiger partial charge in [-0.3, -0.25) is 0 Å². The average Bonchev–Trinajstić information content (AvgIpc) is 2.29. The van der Waals surface area contributed by atoms with Crippen molar-refractivity contribution in [2.75, 3.05) is 19.0 Å². The molecule has 0 heterocycles. The van der Waals surface area contributed by atoms with E-state index in [9.17, 15) is 4.79 Å². The highest BCUT2D eigenvalue weighted by Crippen LogP contribution is 2.14. The monoisotopic (exact) mass is 236 g/mol. The molecule has 0 aliphatic carbocycles. The Morgan fingerprint density at radius 2 is 2.12 bits per heavy atom. The van der Waals surface area contributed by atoms with E-state index < -0.39 is 0 Å². The molecule has 0 unspecified atom stereocenters. The smallest absolute Gasteiger partial charge is 0.319 e. The number of carbonyl (C=O) groups excluding carboxylic acids is 1. The highest BCUT2D eigenvalue weighted by molar-refractivity contribution is 5.90. The third kappa shape index (κ3) is 4.44. The molecule has 1 atom stereocenters. The molecule has 0 saturated heterocycles. The van der Waals surface area contributed by atoms with Crippen LogP contribution in [0.2, 0.25) is 0 Å². The van der Waals surface area contributed by atoms with Crippen molar-refractivity contribution in [1.82, 2.24) is 5.32 Å². The van der Waals surface area contributed by atoms with Crippen LogP contribution in [0.5, 0.6) is 0 Å². The molecule has 0 aliphatic rings. The number of hydrogen-bond donors (Lipinski definition) is 2. The van der Waals surface area contributed by atoms with E-state index in [1.807, 2.05) is 31.2 Å². The van der Waals surface area contributed by atoms with Gasteiger partial charge in [-0.15, -0.1) is 0 Å². The summed E-state index contributed by atoms with van der Waals surface area (Å²) in [6, 6.07) is 7.58. The number of methoxy groups -OCH3 is 1. The van der Waals surface area contributed by atoms with Gasteiger partial charge in [0.05, 0.1) is 12.6 Å². The fourth-order valence-corrected chi connectivity index (χ4v) is 1.62. The highest BCUT2D eigenvalue weighted by atomic mass is 16.5. The molecule has 0 aromatic heterocycles. The Bertz CT molecular complexity index is 366. The lowest BCUT2D eigenvalue weighted by atomic mass is 10.1. The number of urea groups is 1. The van der Waals surface area contributed by atoms with E-state index in [0.29, 0.717) is 6.61 Å². The van der Waals surface area contributed by atoms with Gasteiger partial charge in [0, 0.05) is 12.8 Å². The van der Waals surface area contributed by atoms with E-state index in [2.05, 4.69) is 17.6 Å². The van der Waals surface area contributed by atoms with Gasteiger partial charge in [-0.05, 0) is 25.0 Å². The standard InChI is InChI=1S/C13H20N2O2/c1-4-11-7-5-6-8-12(11)15-13(16)14-10(2)9-17-3/h5-8,10H,4,9H2,1-3H3,(H2,14,15,16)/t10-/m0/s1. The van der Waals surface area contributed by atoms with Gasteiger partial charge >= 0.3 is 6.03 Å². The Balaban J connectivity index is 2.55. The molecule has 0 bridgehead atoms. The highest BCUT2D eigenvalue weighted by Gasteiger charge is 2.08. The van der Waals surface area contributed by atoms with Gasteiger partial charge in [-0.2, -0.15) is 0 Å². The number of carbonyl (C=O) groups is 1. The molecule has 17 heavy (non-hydrogen) atoms. The predicted molar refractivity (Wildman–Crippen MR) is 69.3 cm³/mol. The van der Waals surface area contributed by atoms with Crippen molar-refractivity contribution in [2.45, 2.75) is 26.3 Å². The Kier molecular flexibility index (Phi) is 5.49. The van der Waals surface area contributed by atoms with Crippen molar-refractivity contribution in [1.29, 1.82) is 0 Å². The number of anilines is 1. The maximum Gasteiger partial charge on any atom is 0.319 e. The summed E-state index contributed by atoms with van der Waals surface area (Å²) in [4.78, 5) is 11.7. The van der Waals surface area contributed by atoms with Crippen LogP contribution in [-0.4, -0.2) is 25.8 Å². The zero-order valence-corrected chi connectivity index (χ0v) is 10.6. The van der Waals surface area contributed by atoms with Crippen molar-refractivity contribution >= 4 is 11.7 Å². The molecule has 4 heteroatoms. The minimum absolute atomic E-state index is 0.00575. The fourth-order valence-electron chi connectivity index (χ4n) is 1.62. The van der Waals surface area contributed by atoms with Crippen LogP contribution in [0.25, 0.3) is 0 Å². The summed E-state index contributed by atoms with van der Waals surface area (Å²) >= 11 is 0. The number of benzene rings is 1. The Hall–Kier alpha value is -1.55. The second kappa shape index (κ2) is 6.91. The Morgan fingerprint density at radius 1 is 1.41 bits per heavy atom. The minimum Gasteiger partial charge on any atom is -0.383 e. The first-order valence-corrected chi connectivity index (χ1v) is 5.81. The van der Waals surface area contributed by atoms with Crippen LogP contribution in [-0.2, 0) is 11.2 Å². The molecular formula is C13H20N2O2. The maximum absolute atomic E-state index is 11.7. The van der Waals surface area contributed by atoms with Crippen LogP contribution in [0.1, 0.15) is 19.4 Å². The van der Waals surface area contributed by atoms with E-state index in [0.717, 1.165) is 17.7 Å². The Labute approximate surface area is 102 Å². The van der Waals surface area contributed by atoms with Crippen molar-refractivity contribution in [3.63, 3.8) is 0 Å². The topological polar surface area (TPSA) is 50.4 Å². The normalized spacial score (nSPS) is 11.9. The van der Waals surface area contributed by atoms with Crippen LogP contribution in [0.3, 0.4) is 0 Å². The molecule has 2 N–H and O–H groups in total. The number of rotatable bonds is 5. The van der Waals surface area contributed by atoms with Crippen molar-refractivity contribution < 1.29 is 9.53 Å². The molecule has 0 fully saturated rings. The largest absolute Gasteiger partial charge is 0.383 e. The third-order valence-electron chi connectivity index (χ3n) is 2.44. The van der Waals surface area contributed by atoms with Gasteiger partial charge < -0.3 is 15.4 Å². The van der Waals surface area contributed by atoms with E-state index >= 15 is 0 Å². The summed E-state index contributed by atoms with van der Waals surface area (Å²) in [5.74, 6) is 0. The molecule has 0 radical (unpaired) electrons. The van der Waals surface area contributed by atoms with Crippen molar-refractivity contribution in [2.24, 2.45) is 0 Å². The second-order valence-corrected chi connectivity index (χ2v) is 3.97. The molecule has 0 aliphatic heterocycles. The summed E-state index contributed by atoms with van der Waals surface area (Å²) in [5.41, 5.74) is 1.99. The van der Waals surface area contributed by atoms with Gasteiger partial charge in [0.2, 0.25) is 0 Å². The number of hydrogen-bond acceptors (Lipinski definition) is 2. The van der Waals surface area contributed by atoms with Gasteiger partial charge in [0.1, 0.15) is 0 Å². The molecule has 0 saturated carbocycles. The Morgan fingerprint density at radius 3 is 2.76 bits per heavy atom. The molecule has 1 rings (SSSR count). The predicted octanol–water partition coefficient (Wildman–Crippen LogP) is 2.41. The molecule has 4 nitrogen and oxygen atoms in total. The maximum atomic E-state index is 11.7. The summed E-state index contributed by atoms with van der Waals surface area (Å²) in [7, 11) is 1.61. The van der Waals surface area contributed by atoms with Gasteiger partial charge in [0.25, 0.3) is 0 Å². The number of para-hydroxylation sites is 1. The minimum atomic E-state index is -0.199. The number of aryl methyl sites for hydroxylation is 1. The second-order valence-electron chi connectivity index (χ2n) is 3.97. The quantitative estimate of drug-likeness (QED) is 0.824. The van der Waals surface area contributed by atoms with Gasteiger partial charge in [0.15, 0.2) is 0 Å². The average molecular weight is 236 g/mol. The van der Waals surface area contributed by atoms with E-state index in [1.54, 1.807) is 7.11 Å². The molecular weight excluding hydrogens is 216 g/mol. The van der Waals surface area contributed by atoms with E-state index in [-0.39, 0.29) is 12.1 Å². The summed E-state index contributed by atoms with van der Waals surface area (Å²) in [6.45, 7) is 4.46. The number of amides is 2. The SMILES string of the molecule is CCc1ccccc1NC(=O)N[C@@H](C)COC. The first-order chi connectivity index (χ1) is 8.17. The van der Waals surface area contributed by atoms with Crippen LogP contribution in [0, 0.1) is 0 Å². The zero-order chi connectivity index (χ0) is 12.7. The lowest BCUT2D eigenvalue weighted by molar-refractivity contribution is 0.173. The molecule has 1 aromatic carbocycles. The van der Waals surface area contributed by atoms with E-state index in [1.165, 1.54) is 0 Å². The first-order valence-electron chi connectivity index (χ1n) is 5.81. The molecule has 0 spiro atoms. The van der Waals surface area contributed by atoms with Gasteiger partial charge in [-0.25, -0.2) is 4.79 Å². The van der Waals surface area contributed by atoms with Crippen LogP contribution in [0.15, 0.2) is 24.3 Å². The number of ether oxygens (including phenoxy) is 1. The van der Waals surface area contributed by atoms with Crippen LogP contribution in [0.4, 0.5) is 10.5 Å². The zero-order valence-electron chi connectivity index (χ0n) is 10.6. The number of nitrogens with one attached hydrogen (secondary N) is 2. The molecule has 1 aromatic rings. The van der Waals surface area contributed by atoms with Gasteiger partial charge in [-0.1, -0.05) is 25.1 Å². The third-order valence-corrected chi connectivity index (χ3v) is 2.44. The van der Waals surface area contributed by atoms with Crippen molar-refractivity contribution in [3.05, 3.63) is 29.8 Å². The van der Waals surface area contributed by atoms with E-state index in [4.69, 9.17) is 4.74 Å². The lowest BCUT2D eigenvalue weighted by Crippen LogP contribution is -2.38. The molecule has 94 valence electrons. The lowest BCUT2D eigenvalue weighted by Gasteiger charge is -2.15. The van der Waals surface area contributed by atoms with Crippen LogP contribution >= 0.6 is 0 Å². The van der Waals surface area contributed by atoms with Crippen molar-refractivity contribution in [3.8, 4) is 0 Å². The molecule has 2 amide bonds. The first kappa shape index (κ1) is 13.5. The summed E-state index contributed by atoms with van der Waals surface area (Å²) in [5, 5.41) is 5.65. The van der Waals surface area contributed by atoms with Crippen LogP contribution < -0.4 is 10.6 Å². The summed E-state index contributed by atoms with van der Waals surface area (Å²) < 4.78 is 4.96. The summed E-state index contributed by atoms with van der Waals surface area (Å²) in [6.07, 6.45) is 0.893.